The van der Waals surface area contributed by atoms with Crippen molar-refractivity contribution in [3.05, 3.63) is 35.1 Å². The van der Waals surface area contributed by atoms with Gasteiger partial charge in [0.1, 0.15) is 5.82 Å². The van der Waals surface area contributed by atoms with Crippen LogP contribution in [0.2, 0.25) is 5.02 Å². The molecule has 0 spiro atoms. The highest BCUT2D eigenvalue weighted by Crippen LogP contribution is 2.31. The fraction of sp³-hybridized carbons (Fsp3) is 0.538. The fourth-order valence-corrected chi connectivity index (χ4v) is 1.16. The number of halogens is 2. The Kier molecular flexibility index (Phi) is 8.40. The first-order valence-electron chi connectivity index (χ1n) is 5.63. The first-order valence-corrected chi connectivity index (χ1v) is 6.01. The standard InChI is InChI=1S/C6H4ClF.C5H10.C2H6/c7-5-2-1-3-6(8)4-5;1-2-5-3-4-5;1-2/h1-4H;5H,2-4H2,1H3;1-2H3. The van der Waals surface area contributed by atoms with Crippen molar-refractivity contribution >= 4 is 11.6 Å². The third kappa shape index (κ3) is 8.44. The van der Waals surface area contributed by atoms with Gasteiger partial charge in [0.05, 0.1) is 0 Å². The van der Waals surface area contributed by atoms with Crippen LogP contribution in [0.4, 0.5) is 4.39 Å². The van der Waals surface area contributed by atoms with Gasteiger partial charge in [0.15, 0.2) is 0 Å². The molecule has 1 fully saturated rings. The van der Waals surface area contributed by atoms with Gasteiger partial charge in [-0.25, -0.2) is 4.39 Å². The maximum atomic E-state index is 12.1. The quantitative estimate of drug-likeness (QED) is 0.613. The van der Waals surface area contributed by atoms with E-state index < -0.39 is 0 Å². The molecule has 0 aliphatic heterocycles. The lowest BCUT2D eigenvalue weighted by atomic mass is 10.3. The zero-order valence-corrected chi connectivity index (χ0v) is 10.5. The molecule has 0 radical (unpaired) electrons. The molecule has 0 N–H and O–H groups in total. The van der Waals surface area contributed by atoms with E-state index in [1.54, 1.807) is 12.1 Å². The lowest BCUT2D eigenvalue weighted by Crippen LogP contribution is -1.68. The third-order valence-electron chi connectivity index (χ3n) is 2.06. The summed E-state index contributed by atoms with van der Waals surface area (Å²) < 4.78 is 12.1. The first kappa shape index (κ1) is 14.4. The van der Waals surface area contributed by atoms with E-state index in [0.29, 0.717) is 5.02 Å². The van der Waals surface area contributed by atoms with Crippen molar-refractivity contribution in [2.24, 2.45) is 5.92 Å². The van der Waals surface area contributed by atoms with Crippen LogP contribution in [0.3, 0.4) is 0 Å². The molecule has 1 aliphatic rings. The van der Waals surface area contributed by atoms with Gasteiger partial charge in [-0.15, -0.1) is 0 Å². The Morgan fingerprint density at radius 1 is 1.33 bits per heavy atom. The zero-order valence-electron chi connectivity index (χ0n) is 9.76. The molecular weight excluding hydrogens is 211 g/mol. The largest absolute Gasteiger partial charge is 0.207 e. The van der Waals surface area contributed by atoms with Crippen LogP contribution < -0.4 is 0 Å². The molecule has 1 aliphatic carbocycles. The van der Waals surface area contributed by atoms with E-state index in [4.69, 9.17) is 11.6 Å². The van der Waals surface area contributed by atoms with E-state index in [2.05, 4.69) is 6.92 Å². The van der Waals surface area contributed by atoms with Crippen molar-refractivity contribution < 1.29 is 4.39 Å². The van der Waals surface area contributed by atoms with E-state index >= 15 is 0 Å². The van der Waals surface area contributed by atoms with Crippen molar-refractivity contribution in [2.45, 2.75) is 40.0 Å². The molecule has 2 heteroatoms. The highest BCUT2D eigenvalue weighted by molar-refractivity contribution is 6.30. The SMILES string of the molecule is CC.CCC1CC1.Fc1cccc(Cl)c1. The molecule has 1 aromatic carbocycles. The van der Waals surface area contributed by atoms with Crippen LogP contribution in [0.25, 0.3) is 0 Å². The minimum absolute atomic E-state index is 0.294. The number of hydrogen-bond acceptors (Lipinski definition) is 0. The Balaban J connectivity index is 0.000000241. The summed E-state index contributed by atoms with van der Waals surface area (Å²) in [4.78, 5) is 0. The summed E-state index contributed by atoms with van der Waals surface area (Å²) in [5.74, 6) is 0.840. The maximum Gasteiger partial charge on any atom is 0.124 e. The number of hydrogen-bond donors (Lipinski definition) is 0. The molecule has 2 rings (SSSR count). The smallest absolute Gasteiger partial charge is 0.124 e. The molecule has 1 saturated carbocycles. The van der Waals surface area contributed by atoms with Crippen LogP contribution in [-0.2, 0) is 0 Å². The summed E-state index contributed by atoms with van der Waals surface area (Å²) in [5.41, 5.74) is 0. The Labute approximate surface area is 97.5 Å². The monoisotopic (exact) mass is 230 g/mol. The van der Waals surface area contributed by atoms with Crippen LogP contribution in [0.1, 0.15) is 40.0 Å². The number of rotatable bonds is 1. The minimum Gasteiger partial charge on any atom is -0.207 e. The van der Waals surface area contributed by atoms with Crippen LogP contribution in [0, 0.1) is 11.7 Å². The molecule has 1 aromatic rings. The van der Waals surface area contributed by atoms with Crippen LogP contribution in [0.5, 0.6) is 0 Å². The predicted molar refractivity (Wildman–Crippen MR) is 65.8 cm³/mol. The molecule has 0 aromatic heterocycles. The summed E-state index contributed by atoms with van der Waals surface area (Å²) in [5, 5.41) is 0.435. The lowest BCUT2D eigenvalue weighted by Gasteiger charge is -1.85. The molecule has 0 bridgehead atoms. The van der Waals surface area contributed by atoms with E-state index in [1.165, 1.54) is 31.4 Å². The van der Waals surface area contributed by atoms with Crippen LogP contribution in [-0.4, -0.2) is 0 Å². The maximum absolute atomic E-state index is 12.1. The molecule has 86 valence electrons. The summed E-state index contributed by atoms with van der Waals surface area (Å²) in [7, 11) is 0. The van der Waals surface area contributed by atoms with Gasteiger partial charge >= 0.3 is 0 Å². The fourth-order valence-electron chi connectivity index (χ4n) is 0.986. The first-order chi connectivity index (χ1) is 7.22. The predicted octanol–water partition coefficient (Wildman–Crippen LogP) is 5.31. The highest BCUT2D eigenvalue weighted by atomic mass is 35.5. The van der Waals surface area contributed by atoms with Gasteiger partial charge in [-0.1, -0.05) is 57.7 Å². The Bertz CT molecular complexity index is 239. The molecule has 0 atom stereocenters. The normalized spacial score (nSPS) is 13.1. The van der Waals surface area contributed by atoms with Crippen molar-refractivity contribution in [1.82, 2.24) is 0 Å². The highest BCUT2D eigenvalue weighted by Gasteiger charge is 2.17. The molecule has 0 unspecified atom stereocenters. The van der Waals surface area contributed by atoms with Gasteiger partial charge in [-0.05, 0) is 24.1 Å². The molecule has 0 nitrogen and oxygen atoms in total. The molecular formula is C13H20ClF. The average molecular weight is 231 g/mol. The van der Waals surface area contributed by atoms with Crippen molar-refractivity contribution in [3.63, 3.8) is 0 Å². The second kappa shape index (κ2) is 8.72. The molecule has 0 heterocycles. The average Bonchev–Trinajstić information content (AvgIpc) is 3.04. The summed E-state index contributed by atoms with van der Waals surface area (Å²) in [6, 6.07) is 5.82. The molecule has 0 amide bonds. The second-order valence-electron chi connectivity index (χ2n) is 3.29. The Morgan fingerprint density at radius 2 is 1.93 bits per heavy atom. The van der Waals surface area contributed by atoms with Gasteiger partial charge in [0, 0.05) is 5.02 Å². The van der Waals surface area contributed by atoms with Crippen LogP contribution >= 0.6 is 11.6 Å². The van der Waals surface area contributed by atoms with Crippen molar-refractivity contribution in [1.29, 1.82) is 0 Å². The zero-order chi connectivity index (χ0) is 11.7. The minimum atomic E-state index is -0.294. The van der Waals surface area contributed by atoms with Gasteiger partial charge < -0.3 is 0 Å². The third-order valence-corrected chi connectivity index (χ3v) is 2.30. The van der Waals surface area contributed by atoms with Crippen LogP contribution in [0.15, 0.2) is 24.3 Å². The van der Waals surface area contributed by atoms with E-state index in [0.717, 1.165) is 5.92 Å². The second-order valence-corrected chi connectivity index (χ2v) is 3.73. The Hall–Kier alpha value is -0.560. The summed E-state index contributed by atoms with van der Waals surface area (Å²) in [6.45, 7) is 6.26. The van der Waals surface area contributed by atoms with E-state index in [1.807, 2.05) is 13.8 Å². The summed E-state index contributed by atoms with van der Waals surface area (Å²) in [6.07, 6.45) is 4.44. The lowest BCUT2D eigenvalue weighted by molar-refractivity contribution is 0.628. The van der Waals surface area contributed by atoms with E-state index in [-0.39, 0.29) is 5.82 Å². The number of benzene rings is 1. The van der Waals surface area contributed by atoms with Crippen molar-refractivity contribution in [2.75, 3.05) is 0 Å². The summed E-state index contributed by atoms with van der Waals surface area (Å²) >= 11 is 5.40. The van der Waals surface area contributed by atoms with Gasteiger partial charge in [0.2, 0.25) is 0 Å². The topological polar surface area (TPSA) is 0 Å². The van der Waals surface area contributed by atoms with Gasteiger partial charge in [-0.2, -0.15) is 0 Å². The molecule has 0 saturated heterocycles. The molecule has 15 heavy (non-hydrogen) atoms. The van der Waals surface area contributed by atoms with E-state index in [9.17, 15) is 4.39 Å². The van der Waals surface area contributed by atoms with Crippen molar-refractivity contribution in [3.8, 4) is 0 Å². The van der Waals surface area contributed by atoms with Gasteiger partial charge in [0.25, 0.3) is 0 Å². The Morgan fingerprint density at radius 3 is 2.13 bits per heavy atom. The van der Waals surface area contributed by atoms with Gasteiger partial charge in [-0.3, -0.25) is 0 Å².